The molecule has 0 radical (unpaired) electrons. The fraction of sp³-hybridized carbons (Fsp3) is 0.125. The van der Waals surface area contributed by atoms with E-state index in [-0.39, 0.29) is 18.2 Å². The van der Waals surface area contributed by atoms with Gasteiger partial charge in [0.2, 0.25) is 0 Å². The Hall–Kier alpha value is -1.83. The summed E-state index contributed by atoms with van der Waals surface area (Å²) < 4.78 is 26.7. The lowest BCUT2D eigenvalue weighted by Crippen LogP contribution is -1.91. The van der Waals surface area contributed by atoms with Gasteiger partial charge in [-0.25, -0.2) is 8.78 Å². The minimum absolute atomic E-state index is 0.275. The standard InChI is InChI=1S/C16H12F2OS/c17-14-8-7-13(12(10-14)4-3-9-19)11-20-16-6-2-1-5-15(16)18/h1-2,5-8,10,19H,9,11H2. The molecule has 2 rings (SSSR count). The largest absolute Gasteiger partial charge is 0.384 e. The van der Waals surface area contributed by atoms with Crippen LogP contribution in [-0.4, -0.2) is 11.7 Å². The van der Waals surface area contributed by atoms with Crippen LogP contribution in [-0.2, 0) is 5.75 Å². The number of aliphatic hydroxyl groups is 1. The Morgan fingerprint density at radius 2 is 1.90 bits per heavy atom. The van der Waals surface area contributed by atoms with E-state index in [0.29, 0.717) is 16.2 Å². The summed E-state index contributed by atoms with van der Waals surface area (Å²) in [6.45, 7) is -0.281. The molecule has 0 saturated heterocycles. The second-order valence-corrected chi connectivity index (χ2v) is 5.00. The van der Waals surface area contributed by atoms with Gasteiger partial charge in [-0.3, -0.25) is 0 Å². The highest BCUT2D eigenvalue weighted by Gasteiger charge is 2.06. The molecule has 4 heteroatoms. The van der Waals surface area contributed by atoms with Crippen LogP contribution in [0.2, 0.25) is 0 Å². The van der Waals surface area contributed by atoms with Crippen molar-refractivity contribution >= 4 is 11.8 Å². The maximum Gasteiger partial charge on any atom is 0.136 e. The van der Waals surface area contributed by atoms with Gasteiger partial charge in [-0.1, -0.05) is 30.0 Å². The maximum absolute atomic E-state index is 13.5. The summed E-state index contributed by atoms with van der Waals surface area (Å²) in [6.07, 6.45) is 0. The summed E-state index contributed by atoms with van der Waals surface area (Å²) in [7, 11) is 0. The molecule has 0 spiro atoms. The Kier molecular flexibility index (Phi) is 5.16. The molecule has 0 saturated carbocycles. The van der Waals surface area contributed by atoms with Crippen LogP contribution in [0, 0.1) is 23.5 Å². The van der Waals surface area contributed by atoms with Crippen molar-refractivity contribution in [1.82, 2.24) is 0 Å². The minimum Gasteiger partial charge on any atom is -0.384 e. The third-order valence-electron chi connectivity index (χ3n) is 2.59. The van der Waals surface area contributed by atoms with Crippen LogP contribution in [0.4, 0.5) is 8.78 Å². The lowest BCUT2D eigenvalue weighted by molar-refractivity contribution is 0.350. The average molecular weight is 290 g/mol. The molecule has 102 valence electrons. The van der Waals surface area contributed by atoms with E-state index in [9.17, 15) is 8.78 Å². The molecule has 2 aromatic carbocycles. The number of hydrogen-bond acceptors (Lipinski definition) is 2. The van der Waals surface area contributed by atoms with Gasteiger partial charge in [0.05, 0.1) is 0 Å². The number of thioether (sulfide) groups is 1. The quantitative estimate of drug-likeness (QED) is 0.688. The van der Waals surface area contributed by atoms with Crippen molar-refractivity contribution in [2.24, 2.45) is 0 Å². The van der Waals surface area contributed by atoms with Gasteiger partial charge in [0.15, 0.2) is 0 Å². The predicted octanol–water partition coefficient (Wildman–Crippen LogP) is 3.60. The Morgan fingerprint density at radius 1 is 1.10 bits per heavy atom. The van der Waals surface area contributed by atoms with Crippen LogP contribution in [0.15, 0.2) is 47.4 Å². The lowest BCUT2D eigenvalue weighted by atomic mass is 10.1. The number of aliphatic hydroxyl groups excluding tert-OH is 1. The van der Waals surface area contributed by atoms with Gasteiger partial charge in [-0.05, 0) is 29.8 Å². The second kappa shape index (κ2) is 7.09. The van der Waals surface area contributed by atoms with Crippen molar-refractivity contribution in [2.45, 2.75) is 10.6 Å². The normalized spacial score (nSPS) is 9.95. The first-order valence-corrected chi connectivity index (χ1v) is 6.95. The van der Waals surface area contributed by atoms with Crippen molar-refractivity contribution in [3.63, 3.8) is 0 Å². The fourth-order valence-corrected chi connectivity index (χ4v) is 2.59. The highest BCUT2D eigenvalue weighted by molar-refractivity contribution is 7.98. The predicted molar refractivity (Wildman–Crippen MR) is 76.3 cm³/mol. The van der Waals surface area contributed by atoms with Crippen molar-refractivity contribution < 1.29 is 13.9 Å². The molecule has 0 fully saturated rings. The number of benzene rings is 2. The van der Waals surface area contributed by atoms with E-state index in [2.05, 4.69) is 11.8 Å². The van der Waals surface area contributed by atoms with E-state index in [0.717, 1.165) is 5.56 Å². The second-order valence-electron chi connectivity index (χ2n) is 3.98. The van der Waals surface area contributed by atoms with Crippen LogP contribution in [0.1, 0.15) is 11.1 Å². The smallest absolute Gasteiger partial charge is 0.136 e. The van der Waals surface area contributed by atoms with Crippen LogP contribution in [0.3, 0.4) is 0 Å². The first-order valence-electron chi connectivity index (χ1n) is 5.96. The highest BCUT2D eigenvalue weighted by Crippen LogP contribution is 2.26. The topological polar surface area (TPSA) is 20.2 Å². The monoisotopic (exact) mass is 290 g/mol. The number of rotatable bonds is 3. The van der Waals surface area contributed by atoms with Gasteiger partial charge in [0.1, 0.15) is 18.2 Å². The number of halogens is 2. The SMILES string of the molecule is OCC#Cc1cc(F)ccc1CSc1ccccc1F. The molecule has 0 aliphatic carbocycles. The lowest BCUT2D eigenvalue weighted by Gasteiger charge is -2.06. The molecule has 1 N–H and O–H groups in total. The van der Waals surface area contributed by atoms with Gasteiger partial charge >= 0.3 is 0 Å². The molecular formula is C16H12F2OS. The fourth-order valence-electron chi connectivity index (χ4n) is 1.64. The Bertz CT molecular complexity index is 659. The van der Waals surface area contributed by atoms with Crippen molar-refractivity contribution in [3.05, 3.63) is 65.2 Å². The zero-order chi connectivity index (χ0) is 14.4. The van der Waals surface area contributed by atoms with E-state index >= 15 is 0 Å². The molecule has 0 bridgehead atoms. The summed E-state index contributed by atoms with van der Waals surface area (Å²) in [5, 5.41) is 8.71. The molecule has 0 aromatic heterocycles. The van der Waals surface area contributed by atoms with E-state index in [1.54, 1.807) is 24.3 Å². The average Bonchev–Trinajstić information content (AvgIpc) is 2.45. The first kappa shape index (κ1) is 14.6. The highest BCUT2D eigenvalue weighted by atomic mass is 32.2. The Balaban J connectivity index is 2.19. The maximum atomic E-state index is 13.5. The first-order chi connectivity index (χ1) is 9.70. The molecule has 20 heavy (non-hydrogen) atoms. The molecule has 0 atom stereocenters. The van der Waals surface area contributed by atoms with Crippen LogP contribution < -0.4 is 0 Å². The summed E-state index contributed by atoms with van der Waals surface area (Å²) in [5.74, 6) is 5.03. The van der Waals surface area contributed by atoms with Crippen molar-refractivity contribution in [2.75, 3.05) is 6.61 Å². The van der Waals surface area contributed by atoms with Crippen molar-refractivity contribution in [3.8, 4) is 11.8 Å². The minimum atomic E-state index is -0.383. The van der Waals surface area contributed by atoms with Gasteiger partial charge in [-0.15, -0.1) is 11.8 Å². The summed E-state index contributed by atoms with van der Waals surface area (Å²) in [5.41, 5.74) is 1.32. The van der Waals surface area contributed by atoms with E-state index < -0.39 is 0 Å². The molecular weight excluding hydrogens is 278 g/mol. The number of hydrogen-bond donors (Lipinski definition) is 1. The van der Waals surface area contributed by atoms with Crippen LogP contribution in [0.5, 0.6) is 0 Å². The molecule has 0 aliphatic rings. The van der Waals surface area contributed by atoms with Gasteiger partial charge in [-0.2, -0.15) is 0 Å². The van der Waals surface area contributed by atoms with Gasteiger partial charge < -0.3 is 5.11 Å². The van der Waals surface area contributed by atoms with Crippen molar-refractivity contribution in [1.29, 1.82) is 0 Å². The van der Waals surface area contributed by atoms with Gasteiger partial charge in [0, 0.05) is 16.2 Å². The molecule has 0 aliphatic heterocycles. The molecule has 0 amide bonds. The summed E-state index contributed by atoms with van der Waals surface area (Å²) in [6, 6.07) is 10.8. The zero-order valence-electron chi connectivity index (χ0n) is 10.6. The molecule has 0 unspecified atom stereocenters. The van der Waals surface area contributed by atoms with E-state index in [1.165, 1.54) is 30.0 Å². The van der Waals surface area contributed by atoms with Crippen LogP contribution in [0.25, 0.3) is 0 Å². The van der Waals surface area contributed by atoms with Gasteiger partial charge in [0.25, 0.3) is 0 Å². The third-order valence-corrected chi connectivity index (χ3v) is 3.69. The third kappa shape index (κ3) is 3.83. The zero-order valence-corrected chi connectivity index (χ0v) is 11.4. The summed E-state index contributed by atoms with van der Waals surface area (Å²) in [4.78, 5) is 0.540. The van der Waals surface area contributed by atoms with E-state index in [4.69, 9.17) is 5.11 Å². The van der Waals surface area contributed by atoms with Crippen LogP contribution >= 0.6 is 11.8 Å². The Morgan fingerprint density at radius 3 is 2.65 bits per heavy atom. The van der Waals surface area contributed by atoms with E-state index in [1.807, 2.05) is 0 Å². The molecule has 2 aromatic rings. The Labute approximate surface area is 120 Å². The molecule has 1 nitrogen and oxygen atoms in total. The summed E-state index contributed by atoms with van der Waals surface area (Å²) >= 11 is 1.33. The molecule has 0 heterocycles.